The highest BCUT2D eigenvalue weighted by Crippen LogP contribution is 2.22. The molecule has 1 fully saturated rings. The van der Waals surface area contributed by atoms with Crippen molar-refractivity contribution in [2.24, 2.45) is 0 Å². The second-order valence-corrected chi connectivity index (χ2v) is 7.68. The Morgan fingerprint density at radius 1 is 1.03 bits per heavy atom. The summed E-state index contributed by atoms with van der Waals surface area (Å²) in [5, 5.41) is 11.1. The summed E-state index contributed by atoms with van der Waals surface area (Å²) in [6, 6.07) is 10.2. The molecule has 0 unspecified atom stereocenters. The van der Waals surface area contributed by atoms with Gasteiger partial charge in [-0.15, -0.1) is 11.8 Å². The fraction of sp³-hybridized carbons (Fsp3) is 0.238. The van der Waals surface area contributed by atoms with Crippen LogP contribution < -0.4 is 5.32 Å². The number of carboxylic acids is 1. The molecular formula is C21H21N3O6S. The SMILES string of the molecule is O=C(O)/C=C/C(=O)Nc1cccc(SCC(=O)N2CCN(C(=O)c3ccco3)CC2)c1. The van der Waals surface area contributed by atoms with Crippen molar-refractivity contribution in [1.82, 2.24) is 9.80 Å². The van der Waals surface area contributed by atoms with E-state index in [1.807, 2.05) is 6.07 Å². The number of thioether (sulfide) groups is 1. The van der Waals surface area contributed by atoms with Gasteiger partial charge in [0.1, 0.15) is 0 Å². The van der Waals surface area contributed by atoms with Gasteiger partial charge in [-0.05, 0) is 30.3 Å². The molecule has 0 saturated carbocycles. The number of piperazine rings is 1. The smallest absolute Gasteiger partial charge is 0.328 e. The maximum atomic E-state index is 12.5. The molecule has 0 radical (unpaired) electrons. The molecule has 0 aliphatic carbocycles. The highest BCUT2D eigenvalue weighted by molar-refractivity contribution is 8.00. The molecule has 1 aliphatic heterocycles. The van der Waals surface area contributed by atoms with Crippen LogP contribution in [0, 0.1) is 0 Å². The van der Waals surface area contributed by atoms with E-state index in [2.05, 4.69) is 5.32 Å². The van der Waals surface area contributed by atoms with E-state index in [0.717, 1.165) is 17.0 Å². The van der Waals surface area contributed by atoms with E-state index >= 15 is 0 Å². The highest BCUT2D eigenvalue weighted by atomic mass is 32.2. The molecule has 162 valence electrons. The van der Waals surface area contributed by atoms with Crippen LogP contribution in [-0.2, 0) is 14.4 Å². The van der Waals surface area contributed by atoms with Crippen LogP contribution in [0.25, 0.3) is 0 Å². The van der Waals surface area contributed by atoms with E-state index in [4.69, 9.17) is 9.52 Å². The number of carbonyl (C=O) groups excluding carboxylic acids is 3. The number of amides is 3. The van der Waals surface area contributed by atoms with Gasteiger partial charge in [0.2, 0.25) is 11.8 Å². The fourth-order valence-corrected chi connectivity index (χ4v) is 3.80. The van der Waals surface area contributed by atoms with Gasteiger partial charge in [-0.1, -0.05) is 6.07 Å². The van der Waals surface area contributed by atoms with Crippen molar-refractivity contribution >= 4 is 41.1 Å². The number of anilines is 1. The first kappa shape index (κ1) is 22.2. The summed E-state index contributed by atoms with van der Waals surface area (Å²) in [4.78, 5) is 51.2. The number of rotatable bonds is 7. The van der Waals surface area contributed by atoms with E-state index in [-0.39, 0.29) is 17.6 Å². The standard InChI is InChI=1S/C21H21N3O6S/c25-18(6-7-20(27)28)22-15-3-1-4-16(13-15)31-14-19(26)23-8-10-24(11-9-23)21(29)17-5-2-12-30-17/h1-7,12-13H,8-11,14H2,(H,22,25)(H,27,28)/b7-6+. The zero-order valence-corrected chi connectivity index (χ0v) is 17.3. The van der Waals surface area contributed by atoms with E-state index in [9.17, 15) is 19.2 Å². The molecule has 2 heterocycles. The van der Waals surface area contributed by atoms with Crippen LogP contribution in [0.15, 0.2) is 64.1 Å². The molecular weight excluding hydrogens is 422 g/mol. The van der Waals surface area contributed by atoms with Gasteiger partial charge in [0.15, 0.2) is 5.76 Å². The first-order valence-corrected chi connectivity index (χ1v) is 10.5. The topological polar surface area (TPSA) is 120 Å². The Labute approximate surface area is 182 Å². The summed E-state index contributed by atoms with van der Waals surface area (Å²) in [5.74, 6) is -1.45. The van der Waals surface area contributed by atoms with Gasteiger partial charge in [-0.25, -0.2) is 4.79 Å². The van der Waals surface area contributed by atoms with Crippen molar-refractivity contribution in [2.45, 2.75) is 4.90 Å². The van der Waals surface area contributed by atoms with Crippen molar-refractivity contribution < 1.29 is 28.7 Å². The van der Waals surface area contributed by atoms with Crippen LogP contribution in [0.3, 0.4) is 0 Å². The summed E-state index contributed by atoms with van der Waals surface area (Å²) in [7, 11) is 0. The van der Waals surface area contributed by atoms with E-state index in [1.54, 1.807) is 40.1 Å². The monoisotopic (exact) mass is 443 g/mol. The van der Waals surface area contributed by atoms with Crippen LogP contribution in [0.2, 0.25) is 0 Å². The fourth-order valence-electron chi connectivity index (χ4n) is 2.95. The van der Waals surface area contributed by atoms with Crippen molar-refractivity contribution in [3.8, 4) is 0 Å². The second-order valence-electron chi connectivity index (χ2n) is 6.63. The lowest BCUT2D eigenvalue weighted by Crippen LogP contribution is -2.51. The molecule has 0 bridgehead atoms. The Kier molecular flexibility index (Phi) is 7.50. The summed E-state index contributed by atoms with van der Waals surface area (Å²) in [5.41, 5.74) is 0.502. The molecule has 2 aromatic rings. The molecule has 9 nitrogen and oxygen atoms in total. The predicted octanol–water partition coefficient (Wildman–Crippen LogP) is 1.94. The molecule has 2 N–H and O–H groups in total. The molecule has 1 aliphatic rings. The number of hydrogen-bond donors (Lipinski definition) is 2. The van der Waals surface area contributed by atoms with Crippen LogP contribution in [0.1, 0.15) is 10.6 Å². The minimum Gasteiger partial charge on any atom is -0.478 e. The van der Waals surface area contributed by atoms with Crippen molar-refractivity contribution in [1.29, 1.82) is 0 Å². The second kappa shape index (κ2) is 10.5. The Balaban J connectivity index is 1.46. The van der Waals surface area contributed by atoms with Crippen molar-refractivity contribution in [2.75, 3.05) is 37.2 Å². The largest absolute Gasteiger partial charge is 0.478 e. The predicted molar refractivity (Wildman–Crippen MR) is 114 cm³/mol. The summed E-state index contributed by atoms with van der Waals surface area (Å²) in [6.07, 6.45) is 3.15. The Bertz CT molecular complexity index is 981. The summed E-state index contributed by atoms with van der Waals surface area (Å²) in [6.45, 7) is 1.80. The lowest BCUT2D eigenvalue weighted by atomic mass is 10.3. The number of benzene rings is 1. The van der Waals surface area contributed by atoms with Gasteiger partial charge in [0.25, 0.3) is 5.91 Å². The zero-order chi connectivity index (χ0) is 22.2. The number of nitrogens with zero attached hydrogens (tertiary/aromatic N) is 2. The number of furan rings is 1. The summed E-state index contributed by atoms with van der Waals surface area (Å²) >= 11 is 1.34. The van der Waals surface area contributed by atoms with Crippen LogP contribution in [-0.4, -0.2) is 70.5 Å². The van der Waals surface area contributed by atoms with Gasteiger partial charge >= 0.3 is 5.97 Å². The first-order chi connectivity index (χ1) is 14.9. The maximum Gasteiger partial charge on any atom is 0.328 e. The number of carboxylic acid groups (broad SMARTS) is 1. The lowest BCUT2D eigenvalue weighted by molar-refractivity contribution is -0.132. The molecule has 1 aromatic heterocycles. The first-order valence-electron chi connectivity index (χ1n) is 9.48. The van der Waals surface area contributed by atoms with Gasteiger partial charge < -0.3 is 24.6 Å². The molecule has 10 heteroatoms. The summed E-state index contributed by atoms with van der Waals surface area (Å²) < 4.78 is 5.14. The minimum atomic E-state index is -1.20. The van der Waals surface area contributed by atoms with Gasteiger partial charge in [0.05, 0.1) is 12.0 Å². The van der Waals surface area contributed by atoms with Crippen molar-refractivity contribution in [3.63, 3.8) is 0 Å². The molecule has 0 spiro atoms. The highest BCUT2D eigenvalue weighted by Gasteiger charge is 2.25. The van der Waals surface area contributed by atoms with Gasteiger partial charge in [-0.3, -0.25) is 14.4 Å². The molecule has 1 aromatic carbocycles. The van der Waals surface area contributed by atoms with Crippen LogP contribution >= 0.6 is 11.8 Å². The lowest BCUT2D eigenvalue weighted by Gasteiger charge is -2.34. The maximum absolute atomic E-state index is 12.5. The van der Waals surface area contributed by atoms with Gasteiger partial charge in [-0.2, -0.15) is 0 Å². The number of nitrogens with one attached hydrogen (secondary N) is 1. The van der Waals surface area contributed by atoms with E-state index in [0.29, 0.717) is 37.6 Å². The van der Waals surface area contributed by atoms with Crippen molar-refractivity contribution in [3.05, 3.63) is 60.6 Å². The third-order valence-corrected chi connectivity index (χ3v) is 5.47. The molecule has 3 amide bonds. The Morgan fingerprint density at radius 3 is 2.45 bits per heavy atom. The van der Waals surface area contributed by atoms with E-state index in [1.165, 1.54) is 18.0 Å². The molecule has 0 atom stereocenters. The average Bonchev–Trinajstić information content (AvgIpc) is 3.31. The average molecular weight is 443 g/mol. The quantitative estimate of drug-likeness (QED) is 0.496. The molecule has 1 saturated heterocycles. The third-order valence-electron chi connectivity index (χ3n) is 4.49. The number of hydrogen-bond acceptors (Lipinski definition) is 6. The molecule has 31 heavy (non-hydrogen) atoms. The number of aliphatic carboxylic acids is 1. The van der Waals surface area contributed by atoms with Crippen LogP contribution in [0.4, 0.5) is 5.69 Å². The number of carbonyl (C=O) groups is 4. The minimum absolute atomic E-state index is 0.0334. The molecule has 3 rings (SSSR count). The Morgan fingerprint density at radius 2 is 1.77 bits per heavy atom. The van der Waals surface area contributed by atoms with Gasteiger partial charge in [0, 0.05) is 48.9 Å². The Hall–Kier alpha value is -3.53. The normalized spacial score (nSPS) is 13.9. The third kappa shape index (κ3) is 6.48. The zero-order valence-electron chi connectivity index (χ0n) is 16.5. The van der Waals surface area contributed by atoms with E-state index < -0.39 is 11.9 Å². The van der Waals surface area contributed by atoms with Crippen LogP contribution in [0.5, 0.6) is 0 Å².